The molecule has 2 N–H and O–H groups in total. The number of nitrogens with zero attached hydrogens (tertiary/aromatic N) is 4. The smallest absolute Gasteiger partial charge is 0.160 e. The third-order valence-electron chi connectivity index (χ3n) is 4.30. The van der Waals surface area contributed by atoms with Crippen molar-refractivity contribution in [3.05, 3.63) is 47.8 Å². The van der Waals surface area contributed by atoms with Gasteiger partial charge in [0.2, 0.25) is 0 Å². The Bertz CT molecular complexity index is 885. The molecular formula is C18H19N5O. The molecule has 4 rings (SSSR count). The Morgan fingerprint density at radius 1 is 1.25 bits per heavy atom. The predicted molar refractivity (Wildman–Crippen MR) is 91.6 cm³/mol. The van der Waals surface area contributed by atoms with Crippen LogP contribution in [0.15, 0.2) is 36.7 Å². The number of ether oxygens (including phenoxy) is 1. The molecule has 2 aromatic heterocycles. The van der Waals surface area contributed by atoms with Crippen LogP contribution in [-0.2, 0) is 13.5 Å². The summed E-state index contributed by atoms with van der Waals surface area (Å²) in [6.07, 6.45) is 4.53. The van der Waals surface area contributed by atoms with Crippen molar-refractivity contribution >= 4 is 0 Å². The van der Waals surface area contributed by atoms with Gasteiger partial charge in [-0.25, -0.2) is 4.98 Å². The highest BCUT2D eigenvalue weighted by Gasteiger charge is 2.26. The molecule has 122 valence electrons. The number of hydrogen-bond donors (Lipinski definition) is 1. The quantitative estimate of drug-likeness (QED) is 0.799. The van der Waals surface area contributed by atoms with Crippen LogP contribution in [0.3, 0.4) is 0 Å². The highest BCUT2D eigenvalue weighted by molar-refractivity contribution is 5.71. The molecule has 24 heavy (non-hydrogen) atoms. The molecule has 1 aromatic carbocycles. The Kier molecular flexibility index (Phi) is 3.54. The van der Waals surface area contributed by atoms with Crippen LogP contribution >= 0.6 is 0 Å². The van der Waals surface area contributed by atoms with Gasteiger partial charge in [0.1, 0.15) is 17.5 Å². The number of hydrogen-bond acceptors (Lipinski definition) is 5. The summed E-state index contributed by atoms with van der Waals surface area (Å²) in [6, 6.07) is 8.15. The summed E-state index contributed by atoms with van der Waals surface area (Å²) in [5, 5.41) is 8.74. The van der Waals surface area contributed by atoms with Crippen LogP contribution in [0.1, 0.15) is 11.1 Å². The summed E-state index contributed by atoms with van der Waals surface area (Å²) < 4.78 is 7.93. The average molecular weight is 321 g/mol. The molecule has 1 atom stereocenters. The van der Waals surface area contributed by atoms with Crippen LogP contribution in [0.2, 0.25) is 0 Å². The molecule has 3 heterocycles. The number of rotatable bonds is 3. The van der Waals surface area contributed by atoms with Crippen molar-refractivity contribution in [2.24, 2.45) is 12.8 Å². The second-order valence-corrected chi connectivity index (χ2v) is 6.15. The number of fused-ring (bicyclic) bond motifs is 1. The summed E-state index contributed by atoms with van der Waals surface area (Å²) in [6.45, 7) is 2.59. The maximum Gasteiger partial charge on any atom is 0.160 e. The second kappa shape index (κ2) is 5.72. The molecule has 0 aliphatic carbocycles. The zero-order valence-corrected chi connectivity index (χ0v) is 13.7. The van der Waals surface area contributed by atoms with Gasteiger partial charge in [-0.15, -0.1) is 10.2 Å². The van der Waals surface area contributed by atoms with Crippen LogP contribution in [0.5, 0.6) is 5.75 Å². The molecule has 0 amide bonds. The summed E-state index contributed by atoms with van der Waals surface area (Å²) in [5.74, 6) is 1.68. The first-order chi connectivity index (χ1) is 11.7. The van der Waals surface area contributed by atoms with Crippen molar-refractivity contribution < 1.29 is 4.74 Å². The topological polar surface area (TPSA) is 78.8 Å². The Hall–Kier alpha value is -2.73. The van der Waals surface area contributed by atoms with E-state index in [0.29, 0.717) is 6.54 Å². The van der Waals surface area contributed by atoms with Gasteiger partial charge in [0.25, 0.3) is 0 Å². The van der Waals surface area contributed by atoms with Crippen molar-refractivity contribution in [3.63, 3.8) is 0 Å². The van der Waals surface area contributed by atoms with Crippen LogP contribution in [0.25, 0.3) is 22.8 Å². The maximum atomic E-state index is 6.01. The molecular weight excluding hydrogens is 302 g/mol. The molecule has 0 radical (unpaired) electrons. The molecule has 0 unspecified atom stereocenters. The van der Waals surface area contributed by atoms with E-state index >= 15 is 0 Å². The number of imidazole rings is 1. The number of nitrogens with two attached hydrogens (primary N) is 1. The average Bonchev–Trinajstić information content (AvgIpc) is 3.20. The summed E-state index contributed by atoms with van der Waals surface area (Å²) in [5.41, 5.74) is 10.7. The molecule has 0 saturated carbocycles. The van der Waals surface area contributed by atoms with Crippen molar-refractivity contribution in [3.8, 4) is 28.5 Å². The van der Waals surface area contributed by atoms with E-state index in [0.717, 1.165) is 34.9 Å². The molecule has 0 bridgehead atoms. The first-order valence-corrected chi connectivity index (χ1v) is 7.97. The van der Waals surface area contributed by atoms with E-state index < -0.39 is 0 Å². The third-order valence-corrected chi connectivity index (χ3v) is 4.30. The van der Waals surface area contributed by atoms with Gasteiger partial charge < -0.3 is 15.0 Å². The highest BCUT2D eigenvalue weighted by Crippen LogP contribution is 2.39. The highest BCUT2D eigenvalue weighted by atomic mass is 16.5. The van der Waals surface area contributed by atoms with E-state index in [1.807, 2.05) is 29.9 Å². The summed E-state index contributed by atoms with van der Waals surface area (Å²) in [4.78, 5) is 4.30. The van der Waals surface area contributed by atoms with Gasteiger partial charge in [-0.3, -0.25) is 0 Å². The standard InChI is InChI=1S/C18H19N5O/c1-11-7-12-9-13(10-19)24-17(12)14(8-11)15-3-4-16(22-21-15)18-20-5-6-23(18)2/h3-8,13H,9-10,19H2,1-2H3/t13-/m1/s1. The molecule has 1 aliphatic heterocycles. The number of benzene rings is 1. The first kappa shape index (κ1) is 14.8. The fraction of sp³-hybridized carbons (Fsp3) is 0.278. The van der Waals surface area contributed by atoms with E-state index in [1.165, 1.54) is 11.1 Å². The minimum Gasteiger partial charge on any atom is -0.488 e. The van der Waals surface area contributed by atoms with Crippen molar-refractivity contribution in [2.45, 2.75) is 19.4 Å². The van der Waals surface area contributed by atoms with Crippen LogP contribution in [-0.4, -0.2) is 32.4 Å². The fourth-order valence-corrected chi connectivity index (χ4v) is 3.12. The van der Waals surface area contributed by atoms with Gasteiger partial charge in [-0.05, 0) is 36.2 Å². The Morgan fingerprint density at radius 3 is 2.71 bits per heavy atom. The second-order valence-electron chi connectivity index (χ2n) is 6.15. The Morgan fingerprint density at radius 2 is 2.04 bits per heavy atom. The molecule has 6 nitrogen and oxygen atoms in total. The SMILES string of the molecule is Cc1cc2c(c(-c3ccc(-c4nccn4C)nn3)c1)O[C@@H](CN)C2. The van der Waals surface area contributed by atoms with Crippen LogP contribution in [0.4, 0.5) is 0 Å². The van der Waals surface area contributed by atoms with Crippen LogP contribution < -0.4 is 10.5 Å². The van der Waals surface area contributed by atoms with Crippen LogP contribution in [0, 0.1) is 6.92 Å². The van der Waals surface area contributed by atoms with Gasteiger partial charge in [0.15, 0.2) is 5.82 Å². The minimum atomic E-state index is 0.0420. The van der Waals surface area contributed by atoms with E-state index in [9.17, 15) is 0 Å². The number of aryl methyl sites for hydroxylation is 2. The monoisotopic (exact) mass is 321 g/mol. The maximum absolute atomic E-state index is 6.01. The Labute approximate surface area is 140 Å². The lowest BCUT2D eigenvalue weighted by atomic mass is 10.0. The molecule has 1 aliphatic rings. The molecule has 0 spiro atoms. The van der Waals surface area contributed by atoms with E-state index in [2.05, 4.69) is 34.2 Å². The molecule has 3 aromatic rings. The van der Waals surface area contributed by atoms with E-state index in [-0.39, 0.29) is 6.10 Å². The first-order valence-electron chi connectivity index (χ1n) is 7.97. The van der Waals surface area contributed by atoms with Crippen molar-refractivity contribution in [2.75, 3.05) is 6.54 Å². The Balaban J connectivity index is 1.74. The van der Waals surface area contributed by atoms with Gasteiger partial charge in [-0.2, -0.15) is 0 Å². The fourth-order valence-electron chi connectivity index (χ4n) is 3.12. The van der Waals surface area contributed by atoms with Gasteiger partial charge in [0.05, 0.1) is 5.69 Å². The summed E-state index contributed by atoms with van der Waals surface area (Å²) in [7, 11) is 1.94. The molecule has 0 saturated heterocycles. The van der Waals surface area contributed by atoms with Gasteiger partial charge in [0, 0.05) is 38.0 Å². The lowest BCUT2D eigenvalue weighted by molar-refractivity contribution is 0.242. The summed E-state index contributed by atoms with van der Waals surface area (Å²) >= 11 is 0. The zero-order valence-electron chi connectivity index (χ0n) is 13.7. The largest absolute Gasteiger partial charge is 0.488 e. The van der Waals surface area contributed by atoms with Gasteiger partial charge in [-0.1, -0.05) is 6.07 Å². The predicted octanol–water partition coefficient (Wildman–Crippen LogP) is 2.11. The minimum absolute atomic E-state index is 0.0420. The zero-order chi connectivity index (χ0) is 16.7. The number of aromatic nitrogens is 4. The van der Waals surface area contributed by atoms with Crippen molar-refractivity contribution in [1.82, 2.24) is 19.7 Å². The molecule has 6 heteroatoms. The molecule has 0 fully saturated rings. The van der Waals surface area contributed by atoms with Crippen molar-refractivity contribution in [1.29, 1.82) is 0 Å². The van der Waals surface area contributed by atoms with E-state index in [1.54, 1.807) is 6.20 Å². The third kappa shape index (κ3) is 2.45. The lowest BCUT2D eigenvalue weighted by Crippen LogP contribution is -2.24. The van der Waals surface area contributed by atoms with E-state index in [4.69, 9.17) is 10.5 Å². The lowest BCUT2D eigenvalue weighted by Gasteiger charge is -2.11. The normalized spacial score (nSPS) is 16.0. The van der Waals surface area contributed by atoms with Gasteiger partial charge >= 0.3 is 0 Å².